The Morgan fingerprint density at radius 3 is 2.88 bits per heavy atom. The molecule has 1 aromatic rings. The van der Waals surface area contributed by atoms with E-state index in [-0.39, 0.29) is 23.4 Å². The number of aromatic nitrogens is 1. The molecule has 0 aliphatic carbocycles. The molecule has 3 rings (SSSR count). The zero-order chi connectivity index (χ0) is 18.7. The smallest absolute Gasteiger partial charge is 0.328 e. The molecule has 0 spiro atoms. The summed E-state index contributed by atoms with van der Waals surface area (Å²) in [6, 6.07) is 4.48. The number of methoxy groups -OCH3 is 1. The molecule has 1 saturated heterocycles. The molecule has 26 heavy (non-hydrogen) atoms. The Hall–Kier alpha value is -1.96. The summed E-state index contributed by atoms with van der Waals surface area (Å²) in [6.07, 6.45) is 3.49. The summed E-state index contributed by atoms with van der Waals surface area (Å²) in [5, 5.41) is 2.83. The first-order chi connectivity index (χ1) is 12.5. The van der Waals surface area contributed by atoms with E-state index in [1.54, 1.807) is 28.8 Å². The number of amides is 2. The number of piperidine rings is 1. The van der Waals surface area contributed by atoms with Gasteiger partial charge in [0.15, 0.2) is 0 Å². The van der Waals surface area contributed by atoms with Crippen LogP contribution in [0, 0.1) is 5.92 Å². The van der Waals surface area contributed by atoms with Crippen LogP contribution < -0.4 is 10.9 Å². The van der Waals surface area contributed by atoms with Crippen molar-refractivity contribution in [1.82, 2.24) is 14.8 Å². The Balaban J connectivity index is 1.70. The van der Waals surface area contributed by atoms with E-state index in [9.17, 15) is 14.4 Å². The van der Waals surface area contributed by atoms with Gasteiger partial charge in [-0.3, -0.25) is 4.79 Å². The van der Waals surface area contributed by atoms with Gasteiger partial charge in [0.25, 0.3) is 5.56 Å². The van der Waals surface area contributed by atoms with E-state index in [4.69, 9.17) is 4.74 Å². The minimum absolute atomic E-state index is 0.0259. The second-order valence-electron chi connectivity index (χ2n) is 6.91. The molecule has 2 aliphatic rings. The molecule has 2 bridgehead atoms. The lowest BCUT2D eigenvalue weighted by atomic mass is 9.83. The summed E-state index contributed by atoms with van der Waals surface area (Å²) in [7, 11) is 1.33. The third kappa shape index (κ3) is 3.90. The van der Waals surface area contributed by atoms with Crippen LogP contribution in [0.1, 0.15) is 24.5 Å². The maximum atomic E-state index is 12.7. The van der Waals surface area contributed by atoms with Crippen molar-refractivity contribution in [2.24, 2.45) is 5.92 Å². The van der Waals surface area contributed by atoms with Gasteiger partial charge in [0.05, 0.1) is 7.11 Å². The Kier molecular flexibility index (Phi) is 5.90. The van der Waals surface area contributed by atoms with E-state index >= 15 is 0 Å². The standard InChI is InChI=1S/C18H25N3O4S/c1-25-17(23)14(6-7-26-2)19-18(24)20-9-12-8-13(11-20)15-4-3-5-16(22)21(15)10-12/h3-5,12-14H,6-11H2,1-2H3,(H,19,24)/t12?,13?,14-/m0/s1. The third-order valence-corrected chi connectivity index (χ3v) is 5.80. The molecule has 142 valence electrons. The number of carbonyl (C=O) groups excluding carboxylic acids is 2. The highest BCUT2D eigenvalue weighted by Crippen LogP contribution is 2.34. The predicted molar refractivity (Wildman–Crippen MR) is 100 cm³/mol. The maximum Gasteiger partial charge on any atom is 0.328 e. The van der Waals surface area contributed by atoms with Crippen molar-refractivity contribution in [3.63, 3.8) is 0 Å². The second kappa shape index (κ2) is 8.16. The Bertz CT molecular complexity index is 735. The zero-order valence-corrected chi connectivity index (χ0v) is 16.0. The number of likely N-dealkylation sites (tertiary alicyclic amines) is 1. The van der Waals surface area contributed by atoms with Crippen molar-refractivity contribution < 1.29 is 14.3 Å². The fourth-order valence-corrected chi connectivity index (χ4v) is 4.40. The van der Waals surface area contributed by atoms with E-state index in [0.29, 0.717) is 26.1 Å². The van der Waals surface area contributed by atoms with E-state index < -0.39 is 12.0 Å². The molecule has 0 saturated carbocycles. The average molecular weight is 379 g/mol. The van der Waals surface area contributed by atoms with Gasteiger partial charge in [0.1, 0.15) is 6.04 Å². The Morgan fingerprint density at radius 1 is 1.35 bits per heavy atom. The lowest BCUT2D eigenvalue weighted by Gasteiger charge is -2.42. The second-order valence-corrected chi connectivity index (χ2v) is 7.90. The largest absolute Gasteiger partial charge is 0.467 e. The fourth-order valence-electron chi connectivity index (χ4n) is 3.93. The number of esters is 1. The highest BCUT2D eigenvalue weighted by atomic mass is 32.2. The van der Waals surface area contributed by atoms with Gasteiger partial charge in [0, 0.05) is 37.3 Å². The van der Waals surface area contributed by atoms with Crippen molar-refractivity contribution in [2.75, 3.05) is 32.2 Å². The van der Waals surface area contributed by atoms with Gasteiger partial charge in [-0.15, -0.1) is 0 Å². The van der Waals surface area contributed by atoms with Crippen LogP contribution in [0.4, 0.5) is 4.79 Å². The topological polar surface area (TPSA) is 80.6 Å². The van der Waals surface area contributed by atoms with Crippen molar-refractivity contribution in [3.8, 4) is 0 Å². The first kappa shape index (κ1) is 18.8. The van der Waals surface area contributed by atoms with Crippen LogP contribution >= 0.6 is 11.8 Å². The number of nitrogens with zero attached hydrogens (tertiary/aromatic N) is 2. The highest BCUT2D eigenvalue weighted by molar-refractivity contribution is 7.98. The van der Waals surface area contributed by atoms with Crippen LogP contribution in [0.3, 0.4) is 0 Å². The van der Waals surface area contributed by atoms with Crippen molar-refractivity contribution in [3.05, 3.63) is 34.2 Å². The summed E-state index contributed by atoms with van der Waals surface area (Å²) < 4.78 is 6.65. The van der Waals surface area contributed by atoms with E-state index in [2.05, 4.69) is 5.32 Å². The number of ether oxygens (including phenoxy) is 1. The monoisotopic (exact) mass is 379 g/mol. The number of rotatable bonds is 5. The van der Waals surface area contributed by atoms with Crippen molar-refractivity contribution >= 4 is 23.8 Å². The molecule has 2 amide bonds. The van der Waals surface area contributed by atoms with Crippen LogP contribution in [0.5, 0.6) is 0 Å². The van der Waals surface area contributed by atoms with E-state index in [1.165, 1.54) is 7.11 Å². The highest BCUT2D eigenvalue weighted by Gasteiger charge is 2.37. The van der Waals surface area contributed by atoms with Gasteiger partial charge in [-0.1, -0.05) is 6.07 Å². The van der Waals surface area contributed by atoms with Crippen LogP contribution in [-0.4, -0.2) is 59.7 Å². The summed E-state index contributed by atoms with van der Waals surface area (Å²) in [6.45, 7) is 1.80. The lowest BCUT2D eigenvalue weighted by Crippen LogP contribution is -2.54. The Labute approximate surface area is 157 Å². The van der Waals surface area contributed by atoms with Gasteiger partial charge in [-0.05, 0) is 36.8 Å². The summed E-state index contributed by atoms with van der Waals surface area (Å²) >= 11 is 1.62. The number of thioether (sulfide) groups is 1. The average Bonchev–Trinajstić information content (AvgIpc) is 2.65. The summed E-state index contributed by atoms with van der Waals surface area (Å²) in [4.78, 5) is 38.5. The number of hydrogen-bond donors (Lipinski definition) is 1. The van der Waals surface area contributed by atoms with Gasteiger partial charge >= 0.3 is 12.0 Å². The van der Waals surface area contributed by atoms with Crippen LogP contribution in [0.25, 0.3) is 0 Å². The molecule has 1 N–H and O–H groups in total. The molecular weight excluding hydrogens is 354 g/mol. The third-order valence-electron chi connectivity index (χ3n) is 5.16. The van der Waals surface area contributed by atoms with E-state index in [1.807, 2.05) is 16.9 Å². The van der Waals surface area contributed by atoms with Gasteiger partial charge in [0.2, 0.25) is 0 Å². The number of carbonyl (C=O) groups is 2. The lowest BCUT2D eigenvalue weighted by molar-refractivity contribution is -0.142. The number of nitrogens with one attached hydrogen (secondary N) is 1. The normalized spacial score (nSPS) is 22.3. The van der Waals surface area contributed by atoms with E-state index in [0.717, 1.165) is 17.9 Å². The first-order valence-electron chi connectivity index (χ1n) is 8.85. The van der Waals surface area contributed by atoms with Gasteiger partial charge in [-0.2, -0.15) is 11.8 Å². The minimum Gasteiger partial charge on any atom is -0.467 e. The van der Waals surface area contributed by atoms with Crippen molar-refractivity contribution in [2.45, 2.75) is 31.3 Å². The maximum absolute atomic E-state index is 12.7. The van der Waals surface area contributed by atoms with Gasteiger partial charge < -0.3 is 19.5 Å². The van der Waals surface area contributed by atoms with Crippen LogP contribution in [0.15, 0.2) is 23.0 Å². The number of urea groups is 1. The number of hydrogen-bond acceptors (Lipinski definition) is 5. The molecule has 8 heteroatoms. The Morgan fingerprint density at radius 2 is 2.15 bits per heavy atom. The van der Waals surface area contributed by atoms with Crippen LogP contribution in [0.2, 0.25) is 0 Å². The van der Waals surface area contributed by atoms with Crippen molar-refractivity contribution in [1.29, 1.82) is 0 Å². The fraction of sp³-hybridized carbons (Fsp3) is 0.611. The molecule has 0 aromatic carbocycles. The van der Waals surface area contributed by atoms with Crippen LogP contribution in [-0.2, 0) is 16.1 Å². The predicted octanol–water partition coefficient (Wildman–Crippen LogP) is 1.27. The SMILES string of the molecule is COC(=O)[C@H](CCSC)NC(=O)N1CC2CC(C1)c1cccc(=O)n1C2. The molecule has 0 radical (unpaired) electrons. The number of fused-ring (bicyclic) bond motifs is 4. The molecule has 2 aliphatic heterocycles. The number of pyridine rings is 1. The molecule has 1 fully saturated rings. The quantitative estimate of drug-likeness (QED) is 0.780. The summed E-state index contributed by atoms with van der Waals surface area (Å²) in [5.41, 5.74) is 1.02. The molecule has 3 atom stereocenters. The minimum atomic E-state index is -0.628. The van der Waals surface area contributed by atoms with Gasteiger partial charge in [-0.25, -0.2) is 9.59 Å². The molecule has 1 aromatic heterocycles. The molecule has 7 nitrogen and oxygen atoms in total. The zero-order valence-electron chi connectivity index (χ0n) is 15.1. The molecular formula is C18H25N3O4S. The molecule has 2 unspecified atom stereocenters. The molecule has 3 heterocycles. The first-order valence-corrected chi connectivity index (χ1v) is 10.2. The summed E-state index contributed by atoms with van der Waals surface area (Å²) in [5.74, 6) is 0.767.